The fourth-order valence-electron chi connectivity index (χ4n) is 5.06. The van der Waals surface area contributed by atoms with Crippen molar-refractivity contribution >= 4 is 45.7 Å². The summed E-state index contributed by atoms with van der Waals surface area (Å²) in [5.74, 6) is -0.830. The predicted molar refractivity (Wildman–Crippen MR) is 175 cm³/mol. The van der Waals surface area contributed by atoms with E-state index in [0.29, 0.717) is 33.6 Å². The molecule has 2 heterocycles. The number of aromatic hydroxyl groups is 1. The summed E-state index contributed by atoms with van der Waals surface area (Å²) in [5.41, 5.74) is 5.14. The first-order chi connectivity index (χ1) is 21.8. The summed E-state index contributed by atoms with van der Waals surface area (Å²) in [5, 5.41) is 30.5. The molecule has 1 aromatic heterocycles. The molecule has 226 valence electrons. The van der Waals surface area contributed by atoms with Gasteiger partial charge in [-0.2, -0.15) is 0 Å². The number of hydrogen-bond acceptors (Lipinski definition) is 9. The van der Waals surface area contributed by atoms with Crippen molar-refractivity contribution in [2.24, 2.45) is 0 Å². The summed E-state index contributed by atoms with van der Waals surface area (Å²) in [6.45, 7) is 4.43. The molecular formula is C35H29N3O5S2. The molecule has 2 N–H and O–H groups in total. The van der Waals surface area contributed by atoms with E-state index in [1.54, 1.807) is 36.4 Å². The van der Waals surface area contributed by atoms with E-state index in [-0.39, 0.29) is 22.2 Å². The maximum atomic E-state index is 13.5. The molecule has 1 aliphatic heterocycles. The van der Waals surface area contributed by atoms with E-state index in [9.17, 15) is 19.8 Å². The van der Waals surface area contributed by atoms with Crippen LogP contribution < -0.4 is 9.64 Å². The number of anilines is 1. The molecule has 4 aromatic carbocycles. The first kappa shape index (κ1) is 30.1. The molecule has 0 spiro atoms. The van der Waals surface area contributed by atoms with Gasteiger partial charge in [0.05, 0.1) is 11.6 Å². The number of aliphatic hydroxyl groups is 1. The number of Topliss-reactive ketones (excluding diaryl/α,β-unsaturated/α-hetero) is 1. The van der Waals surface area contributed by atoms with Gasteiger partial charge in [0.15, 0.2) is 4.34 Å². The number of carbonyl (C=O) groups is 2. The second kappa shape index (κ2) is 13.0. The molecule has 1 atom stereocenters. The van der Waals surface area contributed by atoms with Crippen LogP contribution in [0.15, 0.2) is 107 Å². The topological polar surface area (TPSA) is 113 Å². The minimum Gasteiger partial charge on any atom is -0.508 e. The molecule has 1 amide bonds. The van der Waals surface area contributed by atoms with Gasteiger partial charge in [-0.1, -0.05) is 94.9 Å². The average Bonchev–Trinajstić information content (AvgIpc) is 3.61. The van der Waals surface area contributed by atoms with Crippen LogP contribution in [-0.4, -0.2) is 32.1 Å². The number of aliphatic hydroxyl groups excluding tert-OH is 1. The Hall–Kier alpha value is -4.93. The second-order valence-corrected chi connectivity index (χ2v) is 12.9. The van der Waals surface area contributed by atoms with Crippen LogP contribution in [0.2, 0.25) is 0 Å². The van der Waals surface area contributed by atoms with Crippen LogP contribution in [0, 0.1) is 13.8 Å². The number of hydrogen-bond donors (Lipinski definition) is 2. The van der Waals surface area contributed by atoms with E-state index in [1.165, 1.54) is 45.7 Å². The highest BCUT2D eigenvalue weighted by atomic mass is 32.2. The number of ether oxygens (including phenoxy) is 1. The van der Waals surface area contributed by atoms with Gasteiger partial charge in [-0.05, 0) is 66.9 Å². The SMILES string of the molecule is Cc1ccc(CSc2nnc(N3C(=O)C(=O)C(=C(O)c4ccc(OCc5cccc(C)c5)cc4)C3c3cccc(O)c3)s2)cc1. The fraction of sp³-hybridized carbons (Fsp3) is 0.143. The Morgan fingerprint density at radius 2 is 1.64 bits per heavy atom. The molecule has 0 radical (unpaired) electrons. The predicted octanol–water partition coefficient (Wildman–Crippen LogP) is 7.36. The number of benzene rings is 4. The van der Waals surface area contributed by atoms with Crippen LogP contribution in [0.1, 0.15) is 39.4 Å². The maximum absolute atomic E-state index is 13.5. The summed E-state index contributed by atoms with van der Waals surface area (Å²) in [7, 11) is 0. The van der Waals surface area contributed by atoms with Crippen molar-refractivity contribution in [3.63, 3.8) is 0 Å². The molecule has 5 aromatic rings. The van der Waals surface area contributed by atoms with Crippen LogP contribution in [0.4, 0.5) is 5.13 Å². The van der Waals surface area contributed by atoms with Crippen molar-refractivity contribution in [2.45, 2.75) is 36.6 Å². The Bertz CT molecular complexity index is 1900. The van der Waals surface area contributed by atoms with E-state index in [2.05, 4.69) is 10.2 Å². The van der Waals surface area contributed by atoms with Crippen LogP contribution in [-0.2, 0) is 21.9 Å². The third-order valence-corrected chi connectivity index (χ3v) is 9.46. The summed E-state index contributed by atoms with van der Waals surface area (Å²) < 4.78 is 6.54. The molecule has 0 aliphatic carbocycles. The fourth-order valence-corrected chi connectivity index (χ4v) is 6.88. The van der Waals surface area contributed by atoms with E-state index in [0.717, 1.165) is 16.7 Å². The molecule has 0 saturated carbocycles. The molecule has 45 heavy (non-hydrogen) atoms. The number of nitrogens with zero attached hydrogens (tertiary/aromatic N) is 3. The number of aryl methyl sites for hydroxylation is 2. The number of amides is 1. The van der Waals surface area contributed by atoms with Crippen molar-refractivity contribution in [2.75, 3.05) is 4.90 Å². The molecule has 1 unspecified atom stereocenters. The van der Waals surface area contributed by atoms with E-state index in [1.807, 2.05) is 62.4 Å². The molecule has 8 nitrogen and oxygen atoms in total. The normalized spacial score (nSPS) is 15.9. The highest BCUT2D eigenvalue weighted by Gasteiger charge is 2.48. The summed E-state index contributed by atoms with van der Waals surface area (Å²) in [6, 6.07) is 28.1. The lowest BCUT2D eigenvalue weighted by atomic mass is 9.95. The van der Waals surface area contributed by atoms with Crippen molar-refractivity contribution in [3.05, 3.63) is 136 Å². The number of aromatic nitrogens is 2. The van der Waals surface area contributed by atoms with Gasteiger partial charge in [0.2, 0.25) is 5.13 Å². The zero-order valence-electron chi connectivity index (χ0n) is 24.5. The van der Waals surface area contributed by atoms with Crippen molar-refractivity contribution in [3.8, 4) is 11.5 Å². The molecule has 0 bridgehead atoms. The summed E-state index contributed by atoms with van der Waals surface area (Å²) in [4.78, 5) is 28.3. The zero-order chi connectivity index (χ0) is 31.5. The Morgan fingerprint density at radius 1 is 0.889 bits per heavy atom. The van der Waals surface area contributed by atoms with E-state index < -0.39 is 17.7 Å². The maximum Gasteiger partial charge on any atom is 0.301 e. The van der Waals surface area contributed by atoms with Gasteiger partial charge in [0.1, 0.15) is 23.9 Å². The van der Waals surface area contributed by atoms with Gasteiger partial charge in [-0.25, -0.2) is 0 Å². The Kier molecular flexibility index (Phi) is 8.68. The molecular weight excluding hydrogens is 607 g/mol. The lowest BCUT2D eigenvalue weighted by Crippen LogP contribution is -2.29. The highest BCUT2D eigenvalue weighted by molar-refractivity contribution is 8.00. The Balaban J connectivity index is 1.29. The van der Waals surface area contributed by atoms with E-state index in [4.69, 9.17) is 4.74 Å². The third kappa shape index (κ3) is 6.62. The number of thioether (sulfide) groups is 1. The highest BCUT2D eigenvalue weighted by Crippen LogP contribution is 2.44. The molecule has 1 saturated heterocycles. The molecule has 1 fully saturated rings. The van der Waals surface area contributed by atoms with E-state index >= 15 is 0 Å². The molecule has 6 rings (SSSR count). The smallest absolute Gasteiger partial charge is 0.301 e. The van der Waals surface area contributed by atoms with Gasteiger partial charge in [-0.15, -0.1) is 10.2 Å². The lowest BCUT2D eigenvalue weighted by Gasteiger charge is -2.22. The number of ketones is 1. The van der Waals surface area contributed by atoms with Gasteiger partial charge >= 0.3 is 5.91 Å². The minimum atomic E-state index is -1.03. The number of carbonyl (C=O) groups excluding carboxylic acids is 2. The van der Waals surface area contributed by atoms with Crippen molar-refractivity contribution in [1.29, 1.82) is 0 Å². The number of phenols is 1. The molecule has 10 heteroatoms. The second-order valence-electron chi connectivity index (χ2n) is 10.7. The van der Waals surface area contributed by atoms with Gasteiger partial charge in [-0.3, -0.25) is 14.5 Å². The largest absolute Gasteiger partial charge is 0.508 e. The van der Waals surface area contributed by atoms with Crippen molar-refractivity contribution in [1.82, 2.24) is 10.2 Å². The van der Waals surface area contributed by atoms with Crippen LogP contribution in [0.3, 0.4) is 0 Å². The quantitative estimate of drug-likeness (QED) is 0.0568. The summed E-state index contributed by atoms with van der Waals surface area (Å²) >= 11 is 2.66. The van der Waals surface area contributed by atoms with Gasteiger partial charge < -0.3 is 14.9 Å². The van der Waals surface area contributed by atoms with Crippen LogP contribution >= 0.6 is 23.1 Å². The van der Waals surface area contributed by atoms with Gasteiger partial charge in [0.25, 0.3) is 5.78 Å². The zero-order valence-corrected chi connectivity index (χ0v) is 26.1. The first-order valence-corrected chi connectivity index (χ1v) is 16.0. The first-order valence-electron chi connectivity index (χ1n) is 14.2. The average molecular weight is 636 g/mol. The van der Waals surface area contributed by atoms with Crippen LogP contribution in [0.25, 0.3) is 5.76 Å². The van der Waals surface area contributed by atoms with Crippen molar-refractivity contribution < 1.29 is 24.5 Å². The lowest BCUT2D eigenvalue weighted by molar-refractivity contribution is -0.132. The number of phenolic OH excluding ortho intramolecular Hbond substituents is 1. The Morgan fingerprint density at radius 3 is 2.38 bits per heavy atom. The van der Waals surface area contributed by atoms with Crippen LogP contribution in [0.5, 0.6) is 11.5 Å². The third-order valence-electron chi connectivity index (χ3n) is 7.33. The monoisotopic (exact) mass is 635 g/mol. The van der Waals surface area contributed by atoms with Gasteiger partial charge in [0, 0.05) is 11.3 Å². The minimum absolute atomic E-state index is 0.0418. The summed E-state index contributed by atoms with van der Waals surface area (Å²) in [6.07, 6.45) is 0. The Labute approximate surface area is 268 Å². The number of rotatable bonds is 9. The standard InChI is InChI=1S/C35H29N3O5S2/c1-21-9-11-23(12-10-21)20-44-35-37-36-34(45-35)38-30(26-7-4-8-27(39)18-26)29(32(41)33(38)42)31(40)25-13-15-28(16-14-25)43-19-24-6-3-5-22(2)17-24/h3-18,30,39-40H,19-20H2,1-2H3. The molecule has 1 aliphatic rings.